The molecule has 1 aromatic carbocycles. The molecule has 0 unspecified atom stereocenters. The van der Waals surface area contributed by atoms with Gasteiger partial charge in [0.2, 0.25) is 0 Å². The van der Waals surface area contributed by atoms with Gasteiger partial charge in [0.05, 0.1) is 9.95 Å². The van der Waals surface area contributed by atoms with Gasteiger partial charge in [-0.3, -0.25) is 14.9 Å². The van der Waals surface area contributed by atoms with E-state index in [1.165, 1.54) is 12.1 Å². The number of amides is 1. The fourth-order valence-electron chi connectivity index (χ4n) is 2.08. The summed E-state index contributed by atoms with van der Waals surface area (Å²) in [7, 11) is 1.68. The number of benzene rings is 1. The minimum atomic E-state index is -0.644. The van der Waals surface area contributed by atoms with E-state index in [1.54, 1.807) is 11.9 Å². The lowest BCUT2D eigenvalue weighted by molar-refractivity contribution is -0.383. The van der Waals surface area contributed by atoms with Crippen molar-refractivity contribution in [1.29, 1.82) is 0 Å². The summed E-state index contributed by atoms with van der Waals surface area (Å²) < 4.78 is 0. The number of nitro groups is 1. The van der Waals surface area contributed by atoms with Crippen LogP contribution in [0.15, 0.2) is 12.1 Å². The molecule has 0 aromatic heterocycles. The fraction of sp³-hybridized carbons (Fsp3) is 0.462. The summed E-state index contributed by atoms with van der Waals surface area (Å²) in [6.07, 6.45) is 1.62. The molecule has 0 saturated heterocycles. The minimum absolute atomic E-state index is 0.0143. The van der Waals surface area contributed by atoms with Crippen molar-refractivity contribution in [3.8, 4) is 0 Å². The topological polar surface area (TPSA) is 89.5 Å². The molecule has 0 radical (unpaired) electrons. The van der Waals surface area contributed by atoms with Crippen LogP contribution in [0.3, 0.4) is 0 Å². The summed E-state index contributed by atoms with van der Waals surface area (Å²) >= 11 is 5.86. The van der Waals surface area contributed by atoms with Crippen LogP contribution in [0, 0.1) is 10.1 Å². The zero-order valence-electron chi connectivity index (χ0n) is 11.7. The van der Waals surface area contributed by atoms with Crippen LogP contribution in [-0.2, 0) is 0 Å². The molecule has 20 heavy (non-hydrogen) atoms. The number of nitrogens with zero attached hydrogens (tertiary/aromatic N) is 2. The van der Waals surface area contributed by atoms with E-state index in [9.17, 15) is 14.9 Å². The predicted octanol–water partition coefficient (Wildman–Crippen LogP) is 3.09. The molecular formula is C13H18ClN3O3. The first-order valence-electron chi connectivity index (χ1n) is 6.33. The van der Waals surface area contributed by atoms with Gasteiger partial charge in [-0.05, 0) is 18.9 Å². The number of rotatable bonds is 5. The Morgan fingerprint density at radius 1 is 1.45 bits per heavy atom. The van der Waals surface area contributed by atoms with Gasteiger partial charge in [0.1, 0.15) is 5.69 Å². The van der Waals surface area contributed by atoms with Crippen molar-refractivity contribution >= 4 is 28.9 Å². The summed E-state index contributed by atoms with van der Waals surface area (Å²) in [5.41, 5.74) is 5.24. The second-order valence-electron chi connectivity index (χ2n) is 4.53. The molecule has 0 saturated carbocycles. The van der Waals surface area contributed by atoms with Crippen LogP contribution < -0.4 is 5.73 Å². The Kier molecular flexibility index (Phi) is 5.33. The number of anilines is 1. The second kappa shape index (κ2) is 6.56. The van der Waals surface area contributed by atoms with Gasteiger partial charge in [-0.1, -0.05) is 25.4 Å². The molecule has 6 nitrogen and oxygen atoms in total. The molecule has 0 bridgehead atoms. The van der Waals surface area contributed by atoms with Crippen LogP contribution in [-0.4, -0.2) is 28.8 Å². The highest BCUT2D eigenvalue weighted by molar-refractivity contribution is 6.34. The van der Waals surface area contributed by atoms with E-state index in [2.05, 4.69) is 0 Å². The maximum absolute atomic E-state index is 12.3. The normalized spacial score (nSPS) is 10.7. The molecule has 0 spiro atoms. The molecule has 0 atom stereocenters. The van der Waals surface area contributed by atoms with Crippen LogP contribution in [0.4, 0.5) is 11.4 Å². The first kappa shape index (κ1) is 16.2. The highest BCUT2D eigenvalue weighted by Crippen LogP contribution is 2.31. The van der Waals surface area contributed by atoms with E-state index in [0.717, 1.165) is 12.8 Å². The number of hydrogen-bond acceptors (Lipinski definition) is 4. The molecular weight excluding hydrogens is 282 g/mol. The summed E-state index contributed by atoms with van der Waals surface area (Å²) in [6, 6.07) is 2.62. The highest BCUT2D eigenvalue weighted by atomic mass is 35.5. The summed E-state index contributed by atoms with van der Waals surface area (Å²) in [6.45, 7) is 3.96. The molecule has 1 aromatic rings. The molecule has 0 aliphatic carbocycles. The maximum Gasteiger partial charge on any atom is 0.294 e. The summed E-state index contributed by atoms with van der Waals surface area (Å²) in [5.74, 6) is -0.302. The van der Waals surface area contributed by atoms with Crippen LogP contribution in [0.5, 0.6) is 0 Å². The second-order valence-corrected chi connectivity index (χ2v) is 4.94. The Hall–Kier alpha value is -1.82. The van der Waals surface area contributed by atoms with E-state index in [0.29, 0.717) is 0 Å². The number of carbonyl (C=O) groups is 1. The number of nitrogen functional groups attached to an aromatic ring is 1. The minimum Gasteiger partial charge on any atom is -0.392 e. The van der Waals surface area contributed by atoms with Crippen LogP contribution in [0.25, 0.3) is 0 Å². The first-order chi connectivity index (χ1) is 9.33. The molecule has 0 heterocycles. The van der Waals surface area contributed by atoms with Gasteiger partial charge in [0, 0.05) is 24.7 Å². The van der Waals surface area contributed by atoms with Gasteiger partial charge < -0.3 is 10.6 Å². The molecule has 0 aliphatic heterocycles. The first-order valence-corrected chi connectivity index (χ1v) is 6.71. The summed E-state index contributed by atoms with van der Waals surface area (Å²) in [4.78, 5) is 24.2. The van der Waals surface area contributed by atoms with Gasteiger partial charge >= 0.3 is 0 Å². The van der Waals surface area contributed by atoms with E-state index in [4.69, 9.17) is 17.3 Å². The Bertz CT molecular complexity index is 530. The molecule has 110 valence electrons. The van der Waals surface area contributed by atoms with E-state index in [1.807, 2.05) is 13.8 Å². The third-order valence-electron chi connectivity index (χ3n) is 3.36. The van der Waals surface area contributed by atoms with Crippen LogP contribution in [0.2, 0.25) is 5.02 Å². The largest absolute Gasteiger partial charge is 0.392 e. The lowest BCUT2D eigenvalue weighted by Gasteiger charge is -2.26. The molecule has 0 aliphatic rings. The Morgan fingerprint density at radius 3 is 2.45 bits per heavy atom. The van der Waals surface area contributed by atoms with E-state index < -0.39 is 4.92 Å². The van der Waals surface area contributed by atoms with Crippen molar-refractivity contribution in [3.05, 3.63) is 32.8 Å². The van der Waals surface area contributed by atoms with Crippen molar-refractivity contribution < 1.29 is 9.72 Å². The third kappa shape index (κ3) is 3.19. The van der Waals surface area contributed by atoms with Crippen LogP contribution >= 0.6 is 11.6 Å². The molecule has 1 amide bonds. The van der Waals surface area contributed by atoms with Crippen molar-refractivity contribution in [2.24, 2.45) is 0 Å². The number of carbonyl (C=O) groups excluding carboxylic acids is 1. The average molecular weight is 300 g/mol. The zero-order chi connectivity index (χ0) is 15.4. The monoisotopic (exact) mass is 299 g/mol. The van der Waals surface area contributed by atoms with E-state index in [-0.39, 0.29) is 33.9 Å². The van der Waals surface area contributed by atoms with E-state index >= 15 is 0 Å². The summed E-state index contributed by atoms with van der Waals surface area (Å²) in [5, 5.41) is 10.9. The van der Waals surface area contributed by atoms with Crippen molar-refractivity contribution in [1.82, 2.24) is 4.90 Å². The van der Waals surface area contributed by atoms with Crippen molar-refractivity contribution in [3.63, 3.8) is 0 Å². The van der Waals surface area contributed by atoms with Crippen molar-refractivity contribution in [2.75, 3.05) is 12.8 Å². The third-order valence-corrected chi connectivity index (χ3v) is 3.67. The van der Waals surface area contributed by atoms with Crippen molar-refractivity contribution in [2.45, 2.75) is 32.7 Å². The van der Waals surface area contributed by atoms with Gasteiger partial charge in [-0.2, -0.15) is 0 Å². The molecule has 1 rings (SSSR count). The average Bonchev–Trinajstić information content (AvgIpc) is 2.41. The highest BCUT2D eigenvalue weighted by Gasteiger charge is 2.23. The van der Waals surface area contributed by atoms with Gasteiger partial charge in [-0.25, -0.2) is 0 Å². The van der Waals surface area contributed by atoms with Gasteiger partial charge in [-0.15, -0.1) is 0 Å². The smallest absolute Gasteiger partial charge is 0.294 e. The zero-order valence-corrected chi connectivity index (χ0v) is 12.5. The Morgan fingerprint density at radius 2 is 2.00 bits per heavy atom. The van der Waals surface area contributed by atoms with Gasteiger partial charge in [0.15, 0.2) is 0 Å². The quantitative estimate of drug-likeness (QED) is 0.514. The predicted molar refractivity (Wildman–Crippen MR) is 79.0 cm³/mol. The van der Waals surface area contributed by atoms with Gasteiger partial charge in [0.25, 0.3) is 11.6 Å². The number of nitrogens with two attached hydrogens (primary N) is 1. The SMILES string of the molecule is CCC(CC)N(C)C(=O)c1cc(Cl)c(N)c([N+](=O)[O-])c1. The lowest BCUT2D eigenvalue weighted by atomic mass is 10.1. The number of hydrogen-bond donors (Lipinski definition) is 1. The maximum atomic E-state index is 12.3. The molecule has 7 heteroatoms. The fourth-order valence-corrected chi connectivity index (χ4v) is 2.30. The number of nitro benzene ring substituents is 1. The number of halogens is 1. The lowest BCUT2D eigenvalue weighted by Crippen LogP contribution is -2.36. The standard InChI is InChI=1S/C13H18ClN3O3/c1-4-9(5-2)16(3)13(18)8-6-10(14)12(15)11(7-8)17(19)20/h6-7,9H,4-5,15H2,1-3H3. The Balaban J connectivity index is 3.20. The van der Waals surface area contributed by atoms with Crippen LogP contribution in [0.1, 0.15) is 37.0 Å². The molecule has 2 N–H and O–H groups in total. The molecule has 0 fully saturated rings. The Labute approximate surface area is 122 Å².